The van der Waals surface area contributed by atoms with Crippen LogP contribution in [0.2, 0.25) is 5.02 Å². The molecule has 180 valence electrons. The van der Waals surface area contributed by atoms with Crippen molar-refractivity contribution < 1.29 is 23.9 Å². The van der Waals surface area contributed by atoms with Crippen LogP contribution in [0, 0.1) is 13.8 Å². The molecule has 2 aromatic carbocycles. The minimum absolute atomic E-state index is 0.362. The number of ketones is 1. The number of methoxy groups -OCH3 is 1. The number of rotatable bonds is 6. The number of hydrogen-bond acceptors (Lipinski definition) is 5. The van der Waals surface area contributed by atoms with Gasteiger partial charge in [0.25, 0.3) is 5.91 Å². The molecule has 1 fully saturated rings. The number of urea groups is 1. The van der Waals surface area contributed by atoms with Crippen LogP contribution in [0.1, 0.15) is 44.6 Å². The van der Waals surface area contributed by atoms with E-state index in [1.165, 1.54) is 7.11 Å². The lowest BCUT2D eigenvalue weighted by molar-refractivity contribution is -0.130. The molecule has 1 aromatic heterocycles. The van der Waals surface area contributed by atoms with E-state index < -0.39 is 23.4 Å². The van der Waals surface area contributed by atoms with E-state index in [1.54, 1.807) is 68.4 Å². The normalized spacial score (nSPS) is 17.5. The maximum atomic E-state index is 13.2. The average molecular weight is 494 g/mol. The zero-order valence-electron chi connectivity index (χ0n) is 19.7. The highest BCUT2D eigenvalue weighted by Crippen LogP contribution is 2.30. The number of carbonyl (C=O) groups excluding carboxylic acids is 4. The summed E-state index contributed by atoms with van der Waals surface area (Å²) in [6.07, 6.45) is 0. The Morgan fingerprint density at radius 1 is 1.03 bits per heavy atom. The van der Waals surface area contributed by atoms with E-state index >= 15 is 0 Å². The number of amides is 3. The van der Waals surface area contributed by atoms with Gasteiger partial charge in [-0.25, -0.2) is 9.59 Å². The van der Waals surface area contributed by atoms with Gasteiger partial charge in [-0.15, -0.1) is 0 Å². The van der Waals surface area contributed by atoms with Gasteiger partial charge in [-0.1, -0.05) is 23.7 Å². The fourth-order valence-electron chi connectivity index (χ4n) is 4.36. The molecule has 0 saturated carbocycles. The number of aryl methyl sites for hydroxylation is 1. The summed E-state index contributed by atoms with van der Waals surface area (Å²) in [5.74, 6) is -1.31. The Bertz CT molecular complexity index is 1340. The summed E-state index contributed by atoms with van der Waals surface area (Å²) in [5.41, 5.74) is 2.31. The van der Waals surface area contributed by atoms with Crippen LogP contribution in [0.25, 0.3) is 5.69 Å². The lowest BCUT2D eigenvalue weighted by atomic mass is 9.92. The van der Waals surface area contributed by atoms with E-state index in [9.17, 15) is 19.2 Å². The smallest absolute Gasteiger partial charge is 0.337 e. The van der Waals surface area contributed by atoms with Crippen molar-refractivity contribution in [3.05, 3.63) is 87.7 Å². The van der Waals surface area contributed by atoms with Crippen LogP contribution in [0.4, 0.5) is 4.79 Å². The number of benzene rings is 2. The highest BCUT2D eigenvalue weighted by Gasteiger charge is 2.49. The average Bonchev–Trinajstić information content (AvgIpc) is 3.26. The second-order valence-corrected chi connectivity index (χ2v) is 8.97. The quantitative estimate of drug-likeness (QED) is 0.315. The predicted octanol–water partition coefficient (Wildman–Crippen LogP) is 4.18. The molecule has 0 spiro atoms. The van der Waals surface area contributed by atoms with E-state index in [-0.39, 0.29) is 12.3 Å². The molecular weight excluding hydrogens is 470 g/mol. The highest BCUT2D eigenvalue weighted by atomic mass is 35.5. The Labute approximate surface area is 207 Å². The molecule has 0 bridgehead atoms. The number of hydrogen-bond donors (Lipinski definition) is 1. The van der Waals surface area contributed by atoms with Crippen molar-refractivity contribution in [2.45, 2.75) is 26.3 Å². The number of aromatic nitrogens is 1. The number of ether oxygens (including phenoxy) is 1. The van der Waals surface area contributed by atoms with Gasteiger partial charge in [0.1, 0.15) is 5.54 Å². The van der Waals surface area contributed by atoms with Gasteiger partial charge >= 0.3 is 12.0 Å². The number of halogens is 1. The summed E-state index contributed by atoms with van der Waals surface area (Å²) in [4.78, 5) is 51.7. The Morgan fingerprint density at radius 2 is 1.66 bits per heavy atom. The van der Waals surface area contributed by atoms with Crippen LogP contribution >= 0.6 is 11.6 Å². The third kappa shape index (κ3) is 4.21. The van der Waals surface area contributed by atoms with Gasteiger partial charge in [-0.3, -0.25) is 14.5 Å². The Kier molecular flexibility index (Phi) is 6.25. The van der Waals surface area contributed by atoms with Crippen LogP contribution in [-0.4, -0.2) is 46.8 Å². The van der Waals surface area contributed by atoms with Crippen molar-refractivity contribution in [3.63, 3.8) is 0 Å². The first-order chi connectivity index (χ1) is 16.6. The summed E-state index contributed by atoms with van der Waals surface area (Å²) < 4.78 is 6.61. The topological polar surface area (TPSA) is 97.7 Å². The second-order valence-electron chi connectivity index (χ2n) is 8.54. The SMILES string of the molecule is COC(=O)c1ccc(-n2c(C)cc(C(=O)CN3C(=O)NC(C)(c4ccc(Cl)cc4)C3=O)c2C)cc1. The third-order valence-corrected chi connectivity index (χ3v) is 6.53. The first kappa shape index (κ1) is 24.2. The lowest BCUT2D eigenvalue weighted by Gasteiger charge is -2.22. The van der Waals surface area contributed by atoms with Gasteiger partial charge in [-0.05, 0) is 68.8 Å². The molecule has 8 nitrogen and oxygen atoms in total. The van der Waals surface area contributed by atoms with Gasteiger partial charge < -0.3 is 14.6 Å². The number of nitrogens with zero attached hydrogens (tertiary/aromatic N) is 2. The maximum absolute atomic E-state index is 13.2. The number of imide groups is 1. The standard InChI is InChI=1S/C26H24ClN3O5/c1-15-13-21(16(2)30(15)20-11-5-17(6-12-20)23(32)35-4)22(31)14-29-24(33)26(3,28-25(29)34)18-7-9-19(27)10-8-18/h5-13H,14H2,1-4H3,(H,28,34). The summed E-state index contributed by atoms with van der Waals surface area (Å²) in [6, 6.07) is 14.5. The molecule has 3 amide bonds. The minimum Gasteiger partial charge on any atom is -0.465 e. The predicted molar refractivity (Wildman–Crippen MR) is 130 cm³/mol. The summed E-state index contributed by atoms with van der Waals surface area (Å²) in [6.45, 7) is 4.85. The number of esters is 1. The lowest BCUT2D eigenvalue weighted by Crippen LogP contribution is -2.41. The van der Waals surface area contributed by atoms with Crippen LogP contribution in [0.15, 0.2) is 54.6 Å². The summed E-state index contributed by atoms with van der Waals surface area (Å²) >= 11 is 5.95. The molecule has 1 aliphatic rings. The molecule has 0 aliphatic carbocycles. The van der Waals surface area contributed by atoms with Crippen molar-refractivity contribution >= 4 is 35.3 Å². The number of Topliss-reactive ketones (excluding diaryl/α,β-unsaturated/α-hetero) is 1. The van der Waals surface area contributed by atoms with E-state index in [0.29, 0.717) is 27.4 Å². The fraction of sp³-hybridized carbons (Fsp3) is 0.231. The third-order valence-electron chi connectivity index (χ3n) is 6.28. The summed E-state index contributed by atoms with van der Waals surface area (Å²) in [5, 5.41) is 3.21. The van der Waals surface area contributed by atoms with Gasteiger partial charge in [-0.2, -0.15) is 0 Å². The van der Waals surface area contributed by atoms with Crippen molar-refractivity contribution in [2.75, 3.05) is 13.7 Å². The molecule has 1 unspecified atom stereocenters. The Hall–Kier alpha value is -3.91. The zero-order valence-corrected chi connectivity index (χ0v) is 20.5. The van der Waals surface area contributed by atoms with E-state index in [1.807, 2.05) is 11.5 Å². The van der Waals surface area contributed by atoms with Crippen LogP contribution in [0.3, 0.4) is 0 Å². The highest BCUT2D eigenvalue weighted by molar-refractivity contribution is 6.30. The number of carbonyl (C=O) groups is 4. The largest absolute Gasteiger partial charge is 0.465 e. The molecule has 3 aromatic rings. The van der Waals surface area contributed by atoms with Crippen molar-refractivity contribution in [1.82, 2.24) is 14.8 Å². The minimum atomic E-state index is -1.29. The van der Waals surface area contributed by atoms with E-state index in [2.05, 4.69) is 5.32 Å². The Morgan fingerprint density at radius 3 is 2.26 bits per heavy atom. The molecule has 1 aliphatic heterocycles. The van der Waals surface area contributed by atoms with Gasteiger partial charge in [0.05, 0.1) is 19.2 Å². The molecule has 4 rings (SSSR count). The first-order valence-electron chi connectivity index (χ1n) is 10.9. The fourth-order valence-corrected chi connectivity index (χ4v) is 4.48. The second kappa shape index (κ2) is 9.03. The van der Waals surface area contributed by atoms with Crippen LogP contribution in [-0.2, 0) is 15.1 Å². The van der Waals surface area contributed by atoms with E-state index in [4.69, 9.17) is 16.3 Å². The first-order valence-corrected chi connectivity index (χ1v) is 11.3. The molecule has 2 heterocycles. The van der Waals surface area contributed by atoms with Gasteiger partial charge in [0.2, 0.25) is 0 Å². The van der Waals surface area contributed by atoms with Gasteiger partial charge in [0, 0.05) is 27.7 Å². The molecule has 1 saturated heterocycles. The van der Waals surface area contributed by atoms with Crippen molar-refractivity contribution in [1.29, 1.82) is 0 Å². The molecule has 35 heavy (non-hydrogen) atoms. The maximum Gasteiger partial charge on any atom is 0.337 e. The zero-order chi connectivity index (χ0) is 25.5. The van der Waals surface area contributed by atoms with E-state index in [0.717, 1.165) is 16.3 Å². The van der Waals surface area contributed by atoms with Crippen LogP contribution in [0.5, 0.6) is 0 Å². The molecular formula is C26H24ClN3O5. The monoisotopic (exact) mass is 493 g/mol. The van der Waals surface area contributed by atoms with Gasteiger partial charge in [0.15, 0.2) is 5.78 Å². The van der Waals surface area contributed by atoms with Crippen molar-refractivity contribution in [3.8, 4) is 5.69 Å². The van der Waals surface area contributed by atoms with Crippen LogP contribution < -0.4 is 5.32 Å². The molecule has 1 atom stereocenters. The van der Waals surface area contributed by atoms with Crippen molar-refractivity contribution in [2.24, 2.45) is 0 Å². The molecule has 9 heteroatoms. The number of nitrogens with one attached hydrogen (secondary N) is 1. The molecule has 1 N–H and O–H groups in total. The molecule has 0 radical (unpaired) electrons. The summed E-state index contributed by atoms with van der Waals surface area (Å²) in [7, 11) is 1.32. The Balaban J connectivity index is 1.58.